The second-order valence-corrected chi connectivity index (χ2v) is 7.62. The van der Waals surface area contributed by atoms with Gasteiger partial charge in [0.1, 0.15) is 5.69 Å². The third kappa shape index (κ3) is 4.13. The molecule has 1 amide bonds. The van der Waals surface area contributed by atoms with Gasteiger partial charge >= 0.3 is 5.97 Å². The lowest BCUT2D eigenvalue weighted by Gasteiger charge is -2.32. The summed E-state index contributed by atoms with van der Waals surface area (Å²) < 4.78 is 5.05. The van der Waals surface area contributed by atoms with Crippen molar-refractivity contribution in [3.05, 3.63) is 44.9 Å². The van der Waals surface area contributed by atoms with Gasteiger partial charge in [0.15, 0.2) is 5.78 Å². The number of hydrogen-bond acceptors (Lipinski definition) is 5. The van der Waals surface area contributed by atoms with Crippen LogP contribution in [0, 0.1) is 13.8 Å². The minimum absolute atomic E-state index is 0.150. The van der Waals surface area contributed by atoms with E-state index in [0.717, 1.165) is 0 Å². The van der Waals surface area contributed by atoms with Crippen LogP contribution in [0.4, 0.5) is 0 Å². The third-order valence-electron chi connectivity index (χ3n) is 4.48. The molecule has 0 spiro atoms. The van der Waals surface area contributed by atoms with Crippen LogP contribution in [0.25, 0.3) is 0 Å². The molecule has 27 heavy (non-hydrogen) atoms. The molecule has 146 valence electrons. The Labute approximate surface area is 163 Å². The maximum Gasteiger partial charge on any atom is 0.355 e. The predicted molar refractivity (Wildman–Crippen MR) is 106 cm³/mol. The standard InChI is InChI=1S/C20H26N2O4S/c1-7-26-20(25)17-12(4)16(13(5)21-17)18(23)14(6)22(11(2)3)19(24)15-9-8-10-27-15/h8-11,14,21H,7H2,1-6H3/t14-/m1/s1. The van der Waals surface area contributed by atoms with Crippen LogP contribution in [-0.2, 0) is 4.74 Å². The van der Waals surface area contributed by atoms with Gasteiger partial charge in [0, 0.05) is 17.3 Å². The molecule has 0 fully saturated rings. The predicted octanol–water partition coefficient (Wildman–Crippen LogP) is 3.99. The highest BCUT2D eigenvalue weighted by Crippen LogP contribution is 2.24. The number of aromatic nitrogens is 1. The van der Waals surface area contributed by atoms with Gasteiger partial charge < -0.3 is 14.6 Å². The average Bonchev–Trinajstić information content (AvgIpc) is 3.22. The van der Waals surface area contributed by atoms with Crippen LogP contribution >= 0.6 is 11.3 Å². The number of amides is 1. The number of ketones is 1. The fourth-order valence-electron chi connectivity index (χ4n) is 3.25. The molecule has 2 rings (SSSR count). The first-order valence-electron chi connectivity index (χ1n) is 8.97. The summed E-state index contributed by atoms with van der Waals surface area (Å²) in [5.41, 5.74) is 1.87. The van der Waals surface area contributed by atoms with E-state index in [2.05, 4.69) is 4.98 Å². The van der Waals surface area contributed by atoms with Crippen molar-refractivity contribution in [2.75, 3.05) is 6.61 Å². The highest BCUT2D eigenvalue weighted by Gasteiger charge is 2.33. The van der Waals surface area contributed by atoms with Crippen LogP contribution in [0.15, 0.2) is 17.5 Å². The van der Waals surface area contributed by atoms with E-state index in [1.165, 1.54) is 11.3 Å². The summed E-state index contributed by atoms with van der Waals surface area (Å²) >= 11 is 1.35. The zero-order valence-electron chi connectivity index (χ0n) is 16.6. The zero-order chi connectivity index (χ0) is 20.3. The van der Waals surface area contributed by atoms with E-state index in [0.29, 0.717) is 21.7 Å². The molecular weight excluding hydrogens is 364 g/mol. The van der Waals surface area contributed by atoms with Crippen LogP contribution < -0.4 is 0 Å². The molecule has 0 saturated carbocycles. The molecule has 6 nitrogen and oxygen atoms in total. The summed E-state index contributed by atoms with van der Waals surface area (Å²) in [4.78, 5) is 43.4. The van der Waals surface area contributed by atoms with Crippen LogP contribution in [-0.4, -0.2) is 46.2 Å². The Morgan fingerprint density at radius 3 is 2.41 bits per heavy atom. The molecule has 0 bridgehead atoms. The molecule has 0 unspecified atom stereocenters. The Hall–Kier alpha value is -2.41. The molecule has 0 radical (unpaired) electrons. The number of esters is 1. The maximum absolute atomic E-state index is 13.2. The van der Waals surface area contributed by atoms with Gasteiger partial charge in [-0.15, -0.1) is 11.3 Å². The Balaban J connectivity index is 2.38. The summed E-state index contributed by atoms with van der Waals surface area (Å²) in [6, 6.07) is 2.76. The second-order valence-electron chi connectivity index (χ2n) is 6.67. The molecule has 1 N–H and O–H groups in total. The molecule has 0 aliphatic rings. The number of aryl methyl sites for hydroxylation is 1. The summed E-state index contributed by atoms with van der Waals surface area (Å²) in [5.74, 6) is -0.854. The van der Waals surface area contributed by atoms with Gasteiger partial charge in [0.2, 0.25) is 0 Å². The van der Waals surface area contributed by atoms with Crippen LogP contribution in [0.5, 0.6) is 0 Å². The normalized spacial score (nSPS) is 12.1. The largest absolute Gasteiger partial charge is 0.461 e. The highest BCUT2D eigenvalue weighted by molar-refractivity contribution is 7.12. The van der Waals surface area contributed by atoms with Crippen molar-refractivity contribution in [2.45, 2.75) is 53.6 Å². The van der Waals surface area contributed by atoms with Crippen molar-refractivity contribution >= 4 is 29.0 Å². The molecule has 1 atom stereocenters. The van der Waals surface area contributed by atoms with Gasteiger partial charge in [-0.25, -0.2) is 4.79 Å². The number of ether oxygens (including phenoxy) is 1. The molecule has 0 aliphatic carbocycles. The Morgan fingerprint density at radius 2 is 1.89 bits per heavy atom. The van der Waals surface area contributed by atoms with Crippen LogP contribution in [0.1, 0.15) is 69.5 Å². The summed E-state index contributed by atoms with van der Waals surface area (Å²) in [5, 5.41) is 1.84. The van der Waals surface area contributed by atoms with Crippen LogP contribution in [0.3, 0.4) is 0 Å². The number of carbonyl (C=O) groups is 3. The number of rotatable bonds is 7. The smallest absolute Gasteiger partial charge is 0.355 e. The number of nitrogens with one attached hydrogen (secondary N) is 1. The first kappa shape index (κ1) is 20.9. The van der Waals surface area contributed by atoms with Gasteiger partial charge in [-0.3, -0.25) is 9.59 Å². The van der Waals surface area contributed by atoms with E-state index in [1.807, 2.05) is 25.3 Å². The molecule has 0 aliphatic heterocycles. The lowest BCUT2D eigenvalue weighted by Crippen LogP contribution is -2.47. The Kier molecular flexibility index (Phi) is 6.59. The van der Waals surface area contributed by atoms with Gasteiger partial charge in [0.25, 0.3) is 5.91 Å². The van der Waals surface area contributed by atoms with E-state index in [-0.39, 0.29) is 30.0 Å². The van der Waals surface area contributed by atoms with E-state index in [1.54, 1.807) is 38.7 Å². The monoisotopic (exact) mass is 390 g/mol. The lowest BCUT2D eigenvalue weighted by atomic mass is 9.99. The molecule has 0 aromatic carbocycles. The number of thiophene rings is 1. The quantitative estimate of drug-likeness (QED) is 0.573. The van der Waals surface area contributed by atoms with Crippen LogP contribution in [0.2, 0.25) is 0 Å². The zero-order valence-corrected chi connectivity index (χ0v) is 17.4. The van der Waals surface area contributed by atoms with E-state index >= 15 is 0 Å². The number of Topliss-reactive ketones (excluding diaryl/α,β-unsaturated/α-hetero) is 1. The number of carbonyl (C=O) groups excluding carboxylic acids is 3. The average molecular weight is 391 g/mol. The maximum atomic E-state index is 13.2. The van der Waals surface area contributed by atoms with Crippen molar-refractivity contribution in [3.63, 3.8) is 0 Å². The van der Waals surface area contributed by atoms with Crippen molar-refractivity contribution in [1.82, 2.24) is 9.88 Å². The molecule has 7 heteroatoms. The number of H-pyrrole nitrogens is 1. The minimum atomic E-state index is -0.664. The van der Waals surface area contributed by atoms with Gasteiger partial charge in [-0.1, -0.05) is 6.07 Å². The first-order valence-corrected chi connectivity index (χ1v) is 9.85. The van der Waals surface area contributed by atoms with Gasteiger partial charge in [0.05, 0.1) is 17.5 Å². The Bertz CT molecular complexity index is 837. The molecule has 2 heterocycles. The molecule has 0 saturated heterocycles. The van der Waals surface area contributed by atoms with Crippen molar-refractivity contribution in [2.24, 2.45) is 0 Å². The topological polar surface area (TPSA) is 79.5 Å². The number of hydrogen-bond donors (Lipinski definition) is 1. The fraction of sp³-hybridized carbons (Fsp3) is 0.450. The molecule has 2 aromatic heterocycles. The molecular formula is C20H26N2O4S. The van der Waals surface area contributed by atoms with E-state index in [4.69, 9.17) is 4.74 Å². The number of aromatic amines is 1. The molecule has 2 aromatic rings. The van der Waals surface area contributed by atoms with Gasteiger partial charge in [-0.2, -0.15) is 0 Å². The second kappa shape index (κ2) is 8.52. The first-order chi connectivity index (χ1) is 12.7. The van der Waals surface area contributed by atoms with Crippen molar-refractivity contribution < 1.29 is 19.1 Å². The summed E-state index contributed by atoms with van der Waals surface area (Å²) in [6.07, 6.45) is 0. The third-order valence-corrected chi connectivity index (χ3v) is 5.34. The SMILES string of the molecule is CCOC(=O)c1[nH]c(C)c(C(=O)[C@@H](C)N(C(=O)c2cccs2)C(C)C)c1C. The van der Waals surface area contributed by atoms with Crippen molar-refractivity contribution in [3.8, 4) is 0 Å². The lowest BCUT2D eigenvalue weighted by molar-refractivity contribution is 0.0518. The highest BCUT2D eigenvalue weighted by atomic mass is 32.1. The minimum Gasteiger partial charge on any atom is -0.461 e. The fourth-order valence-corrected chi connectivity index (χ4v) is 3.91. The van der Waals surface area contributed by atoms with Gasteiger partial charge in [-0.05, 0) is 58.6 Å². The summed E-state index contributed by atoms with van der Waals surface area (Å²) in [6.45, 7) is 10.9. The van der Waals surface area contributed by atoms with Crippen molar-refractivity contribution in [1.29, 1.82) is 0 Å². The number of nitrogens with zero attached hydrogens (tertiary/aromatic N) is 1. The summed E-state index contributed by atoms with van der Waals surface area (Å²) in [7, 11) is 0. The Morgan fingerprint density at radius 1 is 1.22 bits per heavy atom. The van der Waals surface area contributed by atoms with E-state index in [9.17, 15) is 14.4 Å². The van der Waals surface area contributed by atoms with E-state index < -0.39 is 12.0 Å².